The number of esters is 1. The van der Waals surface area contributed by atoms with Crippen LogP contribution < -0.4 is 0 Å². The van der Waals surface area contributed by atoms with Crippen LogP contribution in [0, 0.1) is 0 Å². The Balaban J connectivity index is 2.01. The van der Waals surface area contributed by atoms with Gasteiger partial charge >= 0.3 is 5.97 Å². The van der Waals surface area contributed by atoms with E-state index in [9.17, 15) is 4.79 Å². The highest BCUT2D eigenvalue weighted by molar-refractivity contribution is 5.81. The number of benzene rings is 1. The number of rotatable bonds is 6. The molecule has 1 aromatic rings. The van der Waals surface area contributed by atoms with Crippen LogP contribution >= 0.6 is 0 Å². The van der Waals surface area contributed by atoms with Gasteiger partial charge in [-0.3, -0.25) is 0 Å². The molecule has 0 aromatic heterocycles. The summed E-state index contributed by atoms with van der Waals surface area (Å²) in [5, 5.41) is 0. The highest BCUT2D eigenvalue weighted by atomic mass is 16.7. The van der Waals surface area contributed by atoms with Crippen molar-refractivity contribution in [2.75, 3.05) is 13.7 Å². The number of carbonyl (C=O) groups is 1. The standard InChI is InChI=1S/C17H22O5/c1-17(2)21-12-15(22-17)14(9-10-16(18)19-3)20-11-13-7-5-4-6-8-13/h4-10,14-15H,11-12H2,1-3H3/b10-9+/t14-,15+/m1/s1. The van der Waals surface area contributed by atoms with Crippen LogP contribution in [0.1, 0.15) is 19.4 Å². The van der Waals surface area contributed by atoms with Gasteiger partial charge in [-0.05, 0) is 25.5 Å². The minimum Gasteiger partial charge on any atom is -0.466 e. The number of ether oxygens (including phenoxy) is 4. The summed E-state index contributed by atoms with van der Waals surface area (Å²) in [5.74, 6) is -1.07. The van der Waals surface area contributed by atoms with Gasteiger partial charge in [0, 0.05) is 6.08 Å². The van der Waals surface area contributed by atoms with Crippen LogP contribution in [-0.4, -0.2) is 37.7 Å². The van der Waals surface area contributed by atoms with E-state index in [0.717, 1.165) is 5.56 Å². The predicted octanol–water partition coefficient (Wildman–Crippen LogP) is 2.45. The summed E-state index contributed by atoms with van der Waals surface area (Å²) in [7, 11) is 1.34. The number of hydrogen-bond acceptors (Lipinski definition) is 5. The number of methoxy groups -OCH3 is 1. The van der Waals surface area contributed by atoms with Gasteiger partial charge in [0.05, 0.1) is 20.3 Å². The Hall–Kier alpha value is -1.69. The van der Waals surface area contributed by atoms with Crippen LogP contribution in [0.4, 0.5) is 0 Å². The van der Waals surface area contributed by atoms with E-state index in [-0.39, 0.29) is 12.2 Å². The Bertz CT molecular complexity index is 509. The van der Waals surface area contributed by atoms with Gasteiger partial charge < -0.3 is 18.9 Å². The molecule has 0 N–H and O–H groups in total. The second-order valence-corrected chi connectivity index (χ2v) is 5.51. The molecule has 22 heavy (non-hydrogen) atoms. The van der Waals surface area contributed by atoms with Gasteiger partial charge in [0.2, 0.25) is 0 Å². The summed E-state index contributed by atoms with van der Waals surface area (Å²) in [5.41, 5.74) is 1.05. The Morgan fingerprint density at radius 3 is 2.73 bits per heavy atom. The fourth-order valence-corrected chi connectivity index (χ4v) is 2.17. The molecule has 0 unspecified atom stereocenters. The molecule has 1 aliphatic heterocycles. The van der Waals surface area contributed by atoms with Gasteiger partial charge in [-0.25, -0.2) is 4.79 Å². The zero-order valence-electron chi connectivity index (χ0n) is 13.2. The highest BCUT2D eigenvalue weighted by Gasteiger charge is 2.37. The lowest BCUT2D eigenvalue weighted by Crippen LogP contribution is -2.31. The molecule has 1 aliphatic rings. The van der Waals surface area contributed by atoms with E-state index in [1.165, 1.54) is 13.2 Å². The molecule has 0 bridgehead atoms. The van der Waals surface area contributed by atoms with E-state index < -0.39 is 11.8 Å². The molecule has 2 atom stereocenters. The molecule has 1 heterocycles. The molecular formula is C17H22O5. The van der Waals surface area contributed by atoms with Crippen molar-refractivity contribution < 1.29 is 23.7 Å². The number of carbonyl (C=O) groups excluding carboxylic acids is 1. The van der Waals surface area contributed by atoms with E-state index in [1.54, 1.807) is 6.08 Å². The smallest absolute Gasteiger partial charge is 0.330 e. The van der Waals surface area contributed by atoms with E-state index in [0.29, 0.717) is 13.2 Å². The molecular weight excluding hydrogens is 284 g/mol. The Morgan fingerprint density at radius 2 is 2.14 bits per heavy atom. The largest absolute Gasteiger partial charge is 0.466 e. The SMILES string of the molecule is COC(=O)/C=C/[C@@H](OCc1ccccc1)[C@@H]1COC(C)(C)O1. The molecule has 5 nitrogen and oxygen atoms in total. The third-order valence-corrected chi connectivity index (χ3v) is 3.31. The van der Waals surface area contributed by atoms with Crippen LogP contribution in [0.25, 0.3) is 0 Å². The third-order valence-electron chi connectivity index (χ3n) is 3.31. The second kappa shape index (κ2) is 7.54. The van der Waals surface area contributed by atoms with Crippen molar-refractivity contribution in [3.63, 3.8) is 0 Å². The van der Waals surface area contributed by atoms with Crippen molar-refractivity contribution in [2.45, 2.75) is 38.4 Å². The first-order valence-corrected chi connectivity index (χ1v) is 7.23. The summed E-state index contributed by atoms with van der Waals surface area (Å²) in [6.07, 6.45) is 2.36. The molecule has 1 aromatic carbocycles. The fraction of sp³-hybridized carbons (Fsp3) is 0.471. The molecule has 1 saturated heterocycles. The van der Waals surface area contributed by atoms with Crippen LogP contribution in [0.2, 0.25) is 0 Å². The van der Waals surface area contributed by atoms with Crippen molar-refractivity contribution in [3.8, 4) is 0 Å². The molecule has 5 heteroatoms. The van der Waals surface area contributed by atoms with Crippen molar-refractivity contribution >= 4 is 5.97 Å². The molecule has 0 amide bonds. The fourth-order valence-electron chi connectivity index (χ4n) is 2.17. The second-order valence-electron chi connectivity index (χ2n) is 5.51. The zero-order chi connectivity index (χ0) is 16.0. The quantitative estimate of drug-likeness (QED) is 0.597. The zero-order valence-corrected chi connectivity index (χ0v) is 13.2. The normalized spacial score (nSPS) is 21.9. The maximum Gasteiger partial charge on any atom is 0.330 e. The summed E-state index contributed by atoms with van der Waals surface area (Å²) in [6.45, 7) is 4.55. The predicted molar refractivity (Wildman–Crippen MR) is 81.1 cm³/mol. The molecule has 1 fully saturated rings. The maximum atomic E-state index is 11.3. The maximum absolute atomic E-state index is 11.3. The van der Waals surface area contributed by atoms with Crippen molar-refractivity contribution in [1.82, 2.24) is 0 Å². The Labute approximate surface area is 130 Å². The molecule has 120 valence electrons. The first kappa shape index (κ1) is 16.7. The Kier molecular flexibility index (Phi) is 5.71. The summed E-state index contributed by atoms with van der Waals surface area (Å²) in [6, 6.07) is 9.83. The number of hydrogen-bond donors (Lipinski definition) is 0. The highest BCUT2D eigenvalue weighted by Crippen LogP contribution is 2.26. The van der Waals surface area contributed by atoms with Crippen LogP contribution in [0.15, 0.2) is 42.5 Å². The first-order chi connectivity index (χ1) is 10.5. The van der Waals surface area contributed by atoms with Gasteiger partial charge in [0.1, 0.15) is 12.2 Å². The minimum absolute atomic E-state index is 0.264. The first-order valence-electron chi connectivity index (χ1n) is 7.23. The minimum atomic E-state index is -0.641. The lowest BCUT2D eigenvalue weighted by Gasteiger charge is -2.22. The van der Waals surface area contributed by atoms with E-state index in [2.05, 4.69) is 4.74 Å². The third kappa shape index (κ3) is 4.94. The summed E-state index contributed by atoms with van der Waals surface area (Å²) >= 11 is 0. The van der Waals surface area contributed by atoms with Crippen molar-refractivity contribution in [3.05, 3.63) is 48.0 Å². The van der Waals surface area contributed by atoms with E-state index in [4.69, 9.17) is 14.2 Å². The van der Waals surface area contributed by atoms with Crippen LogP contribution in [0.5, 0.6) is 0 Å². The van der Waals surface area contributed by atoms with Crippen LogP contribution in [-0.2, 0) is 30.3 Å². The van der Waals surface area contributed by atoms with E-state index in [1.807, 2.05) is 44.2 Å². The lowest BCUT2D eigenvalue weighted by atomic mass is 10.2. The Morgan fingerprint density at radius 1 is 1.41 bits per heavy atom. The molecule has 0 aliphatic carbocycles. The van der Waals surface area contributed by atoms with E-state index >= 15 is 0 Å². The summed E-state index contributed by atoms with van der Waals surface area (Å²) in [4.78, 5) is 11.3. The summed E-state index contributed by atoms with van der Waals surface area (Å²) < 4.78 is 21.9. The van der Waals surface area contributed by atoms with Crippen molar-refractivity contribution in [2.24, 2.45) is 0 Å². The lowest BCUT2D eigenvalue weighted by molar-refractivity contribution is -0.152. The average molecular weight is 306 g/mol. The topological polar surface area (TPSA) is 54.0 Å². The monoisotopic (exact) mass is 306 g/mol. The van der Waals surface area contributed by atoms with Gasteiger partial charge in [0.15, 0.2) is 5.79 Å². The van der Waals surface area contributed by atoms with Gasteiger partial charge in [-0.1, -0.05) is 30.3 Å². The van der Waals surface area contributed by atoms with Crippen molar-refractivity contribution in [1.29, 1.82) is 0 Å². The van der Waals surface area contributed by atoms with Gasteiger partial charge in [-0.15, -0.1) is 0 Å². The van der Waals surface area contributed by atoms with Crippen LogP contribution in [0.3, 0.4) is 0 Å². The molecule has 0 saturated carbocycles. The average Bonchev–Trinajstić information content (AvgIpc) is 2.88. The molecule has 2 rings (SSSR count). The van der Waals surface area contributed by atoms with Gasteiger partial charge in [-0.2, -0.15) is 0 Å². The molecule has 0 radical (unpaired) electrons. The molecule has 0 spiro atoms. The van der Waals surface area contributed by atoms with Gasteiger partial charge in [0.25, 0.3) is 0 Å².